The quantitative estimate of drug-likeness (QED) is 0.746. The summed E-state index contributed by atoms with van der Waals surface area (Å²) in [4.78, 5) is 38.3. The van der Waals surface area contributed by atoms with E-state index in [2.05, 4.69) is 17.4 Å². The third-order valence-corrected chi connectivity index (χ3v) is 6.64. The monoisotopic (exact) mass is 436 g/mol. The SMILES string of the molecule is CC(NC(=O)OCC1c2ccccc2-c2ccccc21)C(=O)N1CCCC(C(=O)O)C1C. The molecular weight excluding hydrogens is 408 g/mol. The summed E-state index contributed by atoms with van der Waals surface area (Å²) in [7, 11) is 0. The number of carboxylic acid groups (broad SMARTS) is 1. The number of carbonyl (C=O) groups excluding carboxylic acids is 2. The van der Waals surface area contributed by atoms with Crippen LogP contribution in [0.25, 0.3) is 11.1 Å². The fraction of sp³-hybridized carbons (Fsp3) is 0.400. The molecule has 2 N–H and O–H groups in total. The molecule has 1 heterocycles. The van der Waals surface area contributed by atoms with Gasteiger partial charge in [-0.15, -0.1) is 0 Å². The number of carbonyl (C=O) groups is 3. The highest BCUT2D eigenvalue weighted by atomic mass is 16.5. The van der Waals surface area contributed by atoms with Crippen LogP contribution in [0.5, 0.6) is 0 Å². The molecule has 0 bridgehead atoms. The lowest BCUT2D eigenvalue weighted by atomic mass is 9.90. The average Bonchev–Trinajstić information content (AvgIpc) is 3.11. The van der Waals surface area contributed by atoms with Crippen LogP contribution in [0.1, 0.15) is 43.7 Å². The third-order valence-electron chi connectivity index (χ3n) is 6.64. The number of nitrogens with one attached hydrogen (secondary N) is 1. The van der Waals surface area contributed by atoms with Gasteiger partial charge in [0.1, 0.15) is 12.6 Å². The van der Waals surface area contributed by atoms with E-state index in [0.717, 1.165) is 22.3 Å². The van der Waals surface area contributed by atoms with Gasteiger partial charge in [-0.1, -0.05) is 48.5 Å². The molecule has 1 aliphatic carbocycles. The molecule has 0 aromatic heterocycles. The highest BCUT2D eigenvalue weighted by molar-refractivity contribution is 5.86. The number of piperidine rings is 1. The number of amides is 2. The first-order chi connectivity index (χ1) is 15.4. The Labute approximate surface area is 187 Å². The van der Waals surface area contributed by atoms with Crippen molar-refractivity contribution >= 4 is 18.0 Å². The lowest BCUT2D eigenvalue weighted by Crippen LogP contribution is -2.55. The fourth-order valence-electron chi connectivity index (χ4n) is 4.91. The molecule has 1 aliphatic heterocycles. The maximum absolute atomic E-state index is 12.9. The first kappa shape index (κ1) is 21.9. The molecule has 4 rings (SSSR count). The van der Waals surface area contributed by atoms with Crippen LogP contribution >= 0.6 is 0 Å². The highest BCUT2D eigenvalue weighted by Gasteiger charge is 2.37. The van der Waals surface area contributed by atoms with Gasteiger partial charge in [0.15, 0.2) is 0 Å². The van der Waals surface area contributed by atoms with Crippen molar-refractivity contribution in [2.24, 2.45) is 5.92 Å². The molecular formula is C25H28N2O5. The summed E-state index contributed by atoms with van der Waals surface area (Å²) in [6, 6.07) is 14.9. The first-order valence-electron chi connectivity index (χ1n) is 11.0. The van der Waals surface area contributed by atoms with Crippen molar-refractivity contribution in [3.63, 3.8) is 0 Å². The normalized spacial score (nSPS) is 20.8. The predicted molar refractivity (Wildman–Crippen MR) is 119 cm³/mol. The van der Waals surface area contributed by atoms with Crippen LogP contribution < -0.4 is 5.32 Å². The van der Waals surface area contributed by atoms with Crippen LogP contribution in [-0.2, 0) is 14.3 Å². The van der Waals surface area contributed by atoms with Gasteiger partial charge in [-0.25, -0.2) is 4.79 Å². The number of likely N-dealkylation sites (tertiary alicyclic amines) is 1. The minimum Gasteiger partial charge on any atom is -0.481 e. The van der Waals surface area contributed by atoms with Gasteiger partial charge in [0.05, 0.1) is 5.92 Å². The largest absolute Gasteiger partial charge is 0.481 e. The zero-order valence-corrected chi connectivity index (χ0v) is 18.3. The van der Waals surface area contributed by atoms with Crippen molar-refractivity contribution in [1.29, 1.82) is 0 Å². The van der Waals surface area contributed by atoms with E-state index in [1.807, 2.05) is 36.4 Å². The number of ether oxygens (including phenoxy) is 1. The molecule has 2 aliphatic rings. The van der Waals surface area contributed by atoms with Gasteiger partial charge in [-0.2, -0.15) is 0 Å². The fourth-order valence-corrected chi connectivity index (χ4v) is 4.91. The van der Waals surface area contributed by atoms with Crippen LogP contribution in [0.15, 0.2) is 48.5 Å². The Kier molecular flexibility index (Phi) is 6.17. The Balaban J connectivity index is 1.37. The first-order valence-corrected chi connectivity index (χ1v) is 11.0. The van der Waals surface area contributed by atoms with Crippen LogP contribution in [0, 0.1) is 5.92 Å². The average molecular weight is 437 g/mol. The van der Waals surface area contributed by atoms with Crippen molar-refractivity contribution in [1.82, 2.24) is 10.2 Å². The van der Waals surface area contributed by atoms with E-state index in [0.29, 0.717) is 19.4 Å². The van der Waals surface area contributed by atoms with Crippen LogP contribution in [0.4, 0.5) is 4.79 Å². The van der Waals surface area contributed by atoms with Gasteiger partial charge >= 0.3 is 12.1 Å². The Morgan fingerprint density at radius 3 is 2.28 bits per heavy atom. The minimum atomic E-state index is -0.896. The lowest BCUT2D eigenvalue weighted by Gasteiger charge is -2.38. The van der Waals surface area contributed by atoms with E-state index in [4.69, 9.17) is 4.74 Å². The van der Waals surface area contributed by atoms with Crippen molar-refractivity contribution in [2.75, 3.05) is 13.2 Å². The summed E-state index contributed by atoms with van der Waals surface area (Å²) in [5, 5.41) is 12.0. The molecule has 2 aromatic carbocycles. The van der Waals surface area contributed by atoms with Crippen LogP contribution in [-0.4, -0.2) is 53.2 Å². The molecule has 1 saturated heterocycles. The number of aliphatic carboxylic acids is 1. The van der Waals surface area contributed by atoms with Crippen molar-refractivity contribution in [3.05, 3.63) is 59.7 Å². The number of carboxylic acids is 1. The molecule has 3 atom stereocenters. The summed E-state index contributed by atoms with van der Waals surface area (Å²) < 4.78 is 5.52. The zero-order valence-electron chi connectivity index (χ0n) is 18.3. The standard InChI is InChI=1S/C25H28N2O5/c1-15(23(28)27-13-7-12-17(16(27)2)24(29)30)26-25(31)32-14-22-20-10-5-3-8-18(20)19-9-4-6-11-21(19)22/h3-6,8-11,15-17,22H,7,12-14H2,1-2H3,(H,26,31)(H,29,30). The Hall–Kier alpha value is -3.35. The van der Waals surface area contributed by atoms with E-state index in [1.54, 1.807) is 18.7 Å². The maximum Gasteiger partial charge on any atom is 0.407 e. The number of fused-ring (bicyclic) bond motifs is 3. The number of nitrogens with zero attached hydrogens (tertiary/aromatic N) is 1. The molecule has 0 saturated carbocycles. The van der Waals surface area contributed by atoms with Gasteiger partial charge in [0.25, 0.3) is 0 Å². The Bertz CT molecular complexity index is 991. The van der Waals surface area contributed by atoms with E-state index >= 15 is 0 Å². The lowest BCUT2D eigenvalue weighted by molar-refractivity contribution is -0.149. The summed E-state index contributed by atoms with van der Waals surface area (Å²) in [6.45, 7) is 4.00. The van der Waals surface area contributed by atoms with Gasteiger partial charge in [-0.05, 0) is 48.9 Å². The molecule has 0 radical (unpaired) electrons. The predicted octanol–water partition coefficient (Wildman–Crippen LogP) is 3.63. The topological polar surface area (TPSA) is 95.9 Å². The number of hydrogen-bond donors (Lipinski definition) is 2. The summed E-state index contributed by atoms with van der Waals surface area (Å²) in [5.41, 5.74) is 4.53. The van der Waals surface area contributed by atoms with Gasteiger partial charge in [0.2, 0.25) is 5.91 Å². The van der Waals surface area contributed by atoms with E-state index < -0.39 is 30.1 Å². The van der Waals surface area contributed by atoms with Gasteiger partial charge < -0.3 is 20.1 Å². The maximum atomic E-state index is 12.9. The molecule has 7 nitrogen and oxygen atoms in total. The second kappa shape index (κ2) is 9.02. The molecule has 168 valence electrons. The van der Waals surface area contributed by atoms with E-state index in [1.165, 1.54) is 0 Å². The molecule has 0 spiro atoms. The Morgan fingerprint density at radius 1 is 1.09 bits per heavy atom. The third kappa shape index (κ3) is 4.07. The second-order valence-electron chi connectivity index (χ2n) is 8.55. The molecule has 3 unspecified atom stereocenters. The molecule has 2 aromatic rings. The van der Waals surface area contributed by atoms with Crippen molar-refractivity contribution in [2.45, 2.75) is 44.7 Å². The van der Waals surface area contributed by atoms with E-state index in [9.17, 15) is 19.5 Å². The van der Waals surface area contributed by atoms with Gasteiger partial charge in [-0.3, -0.25) is 9.59 Å². The molecule has 7 heteroatoms. The minimum absolute atomic E-state index is 0.0578. The number of hydrogen-bond acceptors (Lipinski definition) is 4. The highest BCUT2D eigenvalue weighted by Crippen LogP contribution is 2.44. The summed E-state index contributed by atoms with van der Waals surface area (Å²) in [5.74, 6) is -1.84. The molecule has 2 amide bonds. The van der Waals surface area contributed by atoms with Crippen molar-refractivity contribution in [3.8, 4) is 11.1 Å². The number of rotatable bonds is 5. The van der Waals surface area contributed by atoms with Gasteiger partial charge in [0, 0.05) is 18.5 Å². The summed E-state index contributed by atoms with van der Waals surface area (Å²) >= 11 is 0. The van der Waals surface area contributed by atoms with E-state index in [-0.39, 0.29) is 18.4 Å². The number of alkyl carbamates (subject to hydrolysis) is 1. The smallest absolute Gasteiger partial charge is 0.407 e. The zero-order chi connectivity index (χ0) is 22.8. The number of benzene rings is 2. The molecule has 32 heavy (non-hydrogen) atoms. The van der Waals surface area contributed by atoms with Crippen LogP contribution in [0.3, 0.4) is 0 Å². The molecule has 1 fully saturated rings. The Morgan fingerprint density at radius 2 is 1.69 bits per heavy atom. The summed E-state index contributed by atoms with van der Waals surface area (Å²) in [6.07, 6.45) is 0.520. The second-order valence-corrected chi connectivity index (χ2v) is 8.55. The van der Waals surface area contributed by atoms with Crippen molar-refractivity contribution < 1.29 is 24.2 Å². The van der Waals surface area contributed by atoms with Crippen LogP contribution in [0.2, 0.25) is 0 Å².